The summed E-state index contributed by atoms with van der Waals surface area (Å²) in [5, 5.41) is 18.9. The molecule has 8 N–H and O–H groups in total. The van der Waals surface area contributed by atoms with Gasteiger partial charge in [-0.3, -0.25) is 9.11 Å². The van der Waals surface area contributed by atoms with Gasteiger partial charge in [0.1, 0.15) is 11.5 Å². The van der Waals surface area contributed by atoms with Crippen LogP contribution in [0.2, 0.25) is 0 Å². The van der Waals surface area contributed by atoms with E-state index in [9.17, 15) is 10.2 Å². The Labute approximate surface area is 120 Å². The molecule has 0 unspecified atom stereocenters. The van der Waals surface area contributed by atoms with Crippen molar-refractivity contribution in [2.75, 3.05) is 11.5 Å². The smallest absolute Gasteiger partial charge is 0.394 e. The minimum atomic E-state index is -4.67. The molecule has 0 heterocycles. The molecular weight excluding hydrogens is 300 g/mol. The van der Waals surface area contributed by atoms with E-state index in [2.05, 4.69) is 0 Å². The van der Waals surface area contributed by atoms with E-state index in [1.54, 1.807) is 36.4 Å². The minimum Gasteiger partial charge on any atom is -0.506 e. The Bertz CT molecular complexity index is 688. The lowest BCUT2D eigenvalue weighted by atomic mass is 10.0. The number of aromatic hydroxyl groups is 2. The molecule has 2 aromatic rings. The first kappa shape index (κ1) is 16.6. The topological polar surface area (TPSA) is 167 Å². The van der Waals surface area contributed by atoms with Crippen LogP contribution >= 0.6 is 0 Å². The summed E-state index contributed by atoms with van der Waals surface area (Å²) in [5.41, 5.74) is 13.2. The lowest BCUT2D eigenvalue weighted by Crippen LogP contribution is -1.89. The number of hydrogen-bond donors (Lipinski definition) is 6. The molecule has 9 heteroatoms. The van der Waals surface area contributed by atoms with Crippen LogP contribution in [0.1, 0.15) is 0 Å². The van der Waals surface area contributed by atoms with Crippen molar-refractivity contribution in [3.05, 3.63) is 36.4 Å². The Balaban J connectivity index is 0.000000383. The first-order chi connectivity index (χ1) is 9.58. The van der Waals surface area contributed by atoms with Crippen LogP contribution in [0.3, 0.4) is 0 Å². The van der Waals surface area contributed by atoms with Crippen LogP contribution in [0.15, 0.2) is 36.4 Å². The fourth-order valence-electron chi connectivity index (χ4n) is 1.45. The van der Waals surface area contributed by atoms with E-state index >= 15 is 0 Å². The van der Waals surface area contributed by atoms with Gasteiger partial charge < -0.3 is 21.7 Å². The molecule has 0 aromatic heterocycles. The molecule has 0 aliphatic carbocycles. The van der Waals surface area contributed by atoms with Gasteiger partial charge in [0, 0.05) is 0 Å². The van der Waals surface area contributed by atoms with Gasteiger partial charge >= 0.3 is 10.4 Å². The average molecular weight is 314 g/mol. The van der Waals surface area contributed by atoms with Crippen molar-refractivity contribution in [1.29, 1.82) is 0 Å². The molecule has 114 valence electrons. The molecular formula is C12H14N2O6S. The molecule has 0 radical (unpaired) electrons. The molecule has 0 saturated heterocycles. The van der Waals surface area contributed by atoms with Crippen molar-refractivity contribution in [2.45, 2.75) is 0 Å². The van der Waals surface area contributed by atoms with Crippen molar-refractivity contribution in [3.63, 3.8) is 0 Å². The van der Waals surface area contributed by atoms with Gasteiger partial charge in [-0.2, -0.15) is 8.42 Å². The summed E-state index contributed by atoms with van der Waals surface area (Å²) in [4.78, 5) is 0. The van der Waals surface area contributed by atoms with Gasteiger partial charge in [0.05, 0.1) is 11.4 Å². The van der Waals surface area contributed by atoms with Gasteiger partial charge in [-0.05, 0) is 35.4 Å². The molecule has 0 spiro atoms. The zero-order chi connectivity index (χ0) is 16.2. The summed E-state index contributed by atoms with van der Waals surface area (Å²) in [6.45, 7) is 0. The predicted molar refractivity (Wildman–Crippen MR) is 78.2 cm³/mol. The molecule has 8 nitrogen and oxygen atoms in total. The van der Waals surface area contributed by atoms with Gasteiger partial charge in [0.15, 0.2) is 0 Å². The Morgan fingerprint density at radius 2 is 1.05 bits per heavy atom. The highest BCUT2D eigenvalue weighted by atomic mass is 32.3. The largest absolute Gasteiger partial charge is 0.506 e. The molecule has 0 saturated carbocycles. The molecule has 21 heavy (non-hydrogen) atoms. The van der Waals surface area contributed by atoms with Crippen LogP contribution in [-0.4, -0.2) is 27.7 Å². The highest BCUT2D eigenvalue weighted by molar-refractivity contribution is 7.79. The molecule has 0 aliphatic heterocycles. The van der Waals surface area contributed by atoms with Crippen LogP contribution in [0, 0.1) is 0 Å². The standard InChI is InChI=1S/C12H12N2O2.H2O4S/c13-9-3-1-7(5-11(9)15)8-2-4-10(14)12(16)6-8;1-5(2,3)4/h1-6,15-16H,13-14H2;(H2,1,2,3,4). The number of nitrogen functional groups attached to an aromatic ring is 2. The lowest BCUT2D eigenvalue weighted by Gasteiger charge is -2.06. The van der Waals surface area contributed by atoms with Gasteiger partial charge in [0.2, 0.25) is 0 Å². The summed E-state index contributed by atoms with van der Waals surface area (Å²) in [5.74, 6) is 0.0441. The summed E-state index contributed by atoms with van der Waals surface area (Å²) < 4.78 is 31.6. The van der Waals surface area contributed by atoms with Crippen LogP contribution < -0.4 is 11.5 Å². The molecule has 0 atom stereocenters. The number of benzene rings is 2. The van der Waals surface area contributed by atoms with E-state index in [4.69, 9.17) is 29.0 Å². The number of nitrogens with two attached hydrogens (primary N) is 2. The van der Waals surface area contributed by atoms with Crippen molar-refractivity contribution in [3.8, 4) is 22.6 Å². The van der Waals surface area contributed by atoms with Crippen molar-refractivity contribution >= 4 is 21.8 Å². The van der Waals surface area contributed by atoms with Gasteiger partial charge in [-0.25, -0.2) is 0 Å². The molecule has 2 aromatic carbocycles. The van der Waals surface area contributed by atoms with Crippen LogP contribution in [0.4, 0.5) is 11.4 Å². The SMILES string of the molecule is Nc1ccc(-c2ccc(N)c(O)c2)cc1O.O=S(=O)(O)O. The quantitative estimate of drug-likeness (QED) is 0.260. The predicted octanol–water partition coefficient (Wildman–Crippen LogP) is 1.28. The molecule has 0 aliphatic rings. The second kappa shape index (κ2) is 6.31. The van der Waals surface area contributed by atoms with Gasteiger partial charge in [-0.1, -0.05) is 12.1 Å². The number of phenolic OH excluding ortho intramolecular Hbond substituents is 2. The van der Waals surface area contributed by atoms with E-state index in [0.717, 1.165) is 11.1 Å². The van der Waals surface area contributed by atoms with E-state index < -0.39 is 10.4 Å². The lowest BCUT2D eigenvalue weighted by molar-refractivity contribution is 0.381. The van der Waals surface area contributed by atoms with Gasteiger partial charge in [-0.15, -0.1) is 0 Å². The third-order valence-corrected chi connectivity index (χ3v) is 2.39. The fraction of sp³-hybridized carbons (Fsp3) is 0. The fourth-order valence-corrected chi connectivity index (χ4v) is 1.45. The third kappa shape index (κ3) is 5.57. The second-order valence-electron chi connectivity index (χ2n) is 4.00. The maximum absolute atomic E-state index is 9.47. The van der Waals surface area contributed by atoms with E-state index in [-0.39, 0.29) is 11.5 Å². The number of rotatable bonds is 1. The van der Waals surface area contributed by atoms with Gasteiger partial charge in [0.25, 0.3) is 0 Å². The van der Waals surface area contributed by atoms with Crippen LogP contribution in [0.25, 0.3) is 11.1 Å². The summed E-state index contributed by atoms with van der Waals surface area (Å²) in [6, 6.07) is 9.83. The number of hydrogen-bond acceptors (Lipinski definition) is 6. The molecule has 0 fully saturated rings. The maximum Gasteiger partial charge on any atom is 0.394 e. The zero-order valence-corrected chi connectivity index (χ0v) is 11.4. The summed E-state index contributed by atoms with van der Waals surface area (Å²) in [6.07, 6.45) is 0. The van der Waals surface area contributed by atoms with E-state index in [1.165, 1.54) is 0 Å². The average Bonchev–Trinajstić information content (AvgIpc) is 2.34. The normalized spacial score (nSPS) is 10.6. The Kier molecular flexibility index (Phi) is 4.97. The first-order valence-corrected chi connectivity index (χ1v) is 6.85. The highest BCUT2D eigenvalue weighted by Gasteiger charge is 2.04. The molecule has 2 rings (SSSR count). The van der Waals surface area contributed by atoms with E-state index in [1.807, 2.05) is 0 Å². The monoisotopic (exact) mass is 314 g/mol. The number of phenols is 2. The molecule has 0 amide bonds. The van der Waals surface area contributed by atoms with Crippen LogP contribution in [-0.2, 0) is 10.4 Å². The third-order valence-electron chi connectivity index (χ3n) is 2.39. The number of anilines is 2. The van der Waals surface area contributed by atoms with Crippen molar-refractivity contribution < 1.29 is 27.7 Å². The Morgan fingerprint density at radius 1 is 0.762 bits per heavy atom. The van der Waals surface area contributed by atoms with Crippen molar-refractivity contribution in [1.82, 2.24) is 0 Å². The highest BCUT2D eigenvalue weighted by Crippen LogP contribution is 2.31. The second-order valence-corrected chi connectivity index (χ2v) is 4.89. The first-order valence-electron chi connectivity index (χ1n) is 5.45. The van der Waals surface area contributed by atoms with E-state index in [0.29, 0.717) is 11.4 Å². The zero-order valence-electron chi connectivity index (χ0n) is 10.6. The van der Waals surface area contributed by atoms with Crippen molar-refractivity contribution in [2.24, 2.45) is 0 Å². The maximum atomic E-state index is 9.47. The summed E-state index contributed by atoms with van der Waals surface area (Å²) >= 11 is 0. The minimum absolute atomic E-state index is 0.0221. The summed E-state index contributed by atoms with van der Waals surface area (Å²) in [7, 11) is -4.67. The molecule has 0 bridgehead atoms. The van der Waals surface area contributed by atoms with Crippen LogP contribution in [0.5, 0.6) is 11.5 Å². The Hall–Kier alpha value is -2.49. The Morgan fingerprint density at radius 3 is 1.29 bits per heavy atom.